The van der Waals surface area contributed by atoms with Crippen LogP contribution in [-0.4, -0.2) is 18.7 Å². The smallest absolute Gasteiger partial charge is 0.126 e. The van der Waals surface area contributed by atoms with Crippen LogP contribution in [0.1, 0.15) is 16.8 Å². The van der Waals surface area contributed by atoms with Crippen LogP contribution in [0, 0.1) is 5.92 Å². The molecule has 0 fully saturated rings. The summed E-state index contributed by atoms with van der Waals surface area (Å²) < 4.78 is 11.1. The lowest BCUT2D eigenvalue weighted by Crippen LogP contribution is -2.23. The molecule has 4 nitrogen and oxygen atoms in total. The quantitative estimate of drug-likeness (QED) is 0.936. The Labute approximate surface area is 124 Å². The highest BCUT2D eigenvalue weighted by Gasteiger charge is 2.21. The second-order valence-electron chi connectivity index (χ2n) is 5.42. The lowest BCUT2D eigenvalue weighted by molar-refractivity contribution is 0.219. The van der Waals surface area contributed by atoms with Crippen molar-refractivity contribution in [1.82, 2.24) is 4.98 Å². The first-order valence-corrected chi connectivity index (χ1v) is 7.22. The molecule has 2 heterocycles. The van der Waals surface area contributed by atoms with Gasteiger partial charge in [-0.1, -0.05) is 12.1 Å². The van der Waals surface area contributed by atoms with Gasteiger partial charge in [0.05, 0.1) is 13.7 Å². The van der Waals surface area contributed by atoms with E-state index in [4.69, 9.17) is 15.2 Å². The SMILES string of the molecule is COc1ccc2c(c1)OCC(Cc1ccc(CN)cn1)C2. The molecule has 4 heteroatoms. The van der Waals surface area contributed by atoms with Crippen molar-refractivity contribution >= 4 is 0 Å². The molecule has 2 aromatic rings. The van der Waals surface area contributed by atoms with Crippen LogP contribution in [0.4, 0.5) is 0 Å². The minimum absolute atomic E-state index is 0.460. The molecule has 0 bridgehead atoms. The first-order chi connectivity index (χ1) is 10.3. The van der Waals surface area contributed by atoms with Crippen molar-refractivity contribution in [1.29, 1.82) is 0 Å². The van der Waals surface area contributed by atoms with E-state index in [9.17, 15) is 0 Å². The Morgan fingerprint density at radius 1 is 1.33 bits per heavy atom. The zero-order valence-electron chi connectivity index (χ0n) is 12.2. The maximum Gasteiger partial charge on any atom is 0.126 e. The maximum atomic E-state index is 5.87. The highest BCUT2D eigenvalue weighted by Crippen LogP contribution is 2.31. The number of rotatable bonds is 4. The van der Waals surface area contributed by atoms with Crippen molar-refractivity contribution in [3.8, 4) is 11.5 Å². The Morgan fingerprint density at radius 2 is 2.24 bits per heavy atom. The standard InChI is InChI=1S/C17H20N2O2/c1-20-16-5-3-14-6-13(11-21-17(14)8-16)7-15-4-2-12(9-18)10-19-15/h2-5,8,10,13H,6-7,9,11,18H2,1H3. The molecule has 21 heavy (non-hydrogen) atoms. The third-order valence-electron chi connectivity index (χ3n) is 3.88. The molecular formula is C17H20N2O2. The van der Waals surface area contributed by atoms with E-state index in [0.29, 0.717) is 12.5 Å². The summed E-state index contributed by atoms with van der Waals surface area (Å²) in [5, 5.41) is 0. The molecule has 0 aliphatic carbocycles. The topological polar surface area (TPSA) is 57.4 Å². The highest BCUT2D eigenvalue weighted by atomic mass is 16.5. The fourth-order valence-electron chi connectivity index (χ4n) is 2.67. The molecule has 0 radical (unpaired) electrons. The Morgan fingerprint density at radius 3 is 2.95 bits per heavy atom. The molecule has 2 N–H and O–H groups in total. The monoisotopic (exact) mass is 284 g/mol. The molecule has 1 atom stereocenters. The van der Waals surface area contributed by atoms with Crippen molar-refractivity contribution in [2.75, 3.05) is 13.7 Å². The van der Waals surface area contributed by atoms with Crippen LogP contribution >= 0.6 is 0 Å². The van der Waals surface area contributed by atoms with Gasteiger partial charge in [-0.15, -0.1) is 0 Å². The molecule has 1 unspecified atom stereocenters. The Balaban J connectivity index is 1.68. The molecule has 0 saturated carbocycles. The number of nitrogens with two attached hydrogens (primary N) is 1. The summed E-state index contributed by atoms with van der Waals surface area (Å²) in [7, 11) is 1.67. The van der Waals surface area contributed by atoms with Gasteiger partial charge in [0.25, 0.3) is 0 Å². The predicted molar refractivity (Wildman–Crippen MR) is 81.5 cm³/mol. The second-order valence-corrected chi connectivity index (χ2v) is 5.42. The summed E-state index contributed by atoms with van der Waals surface area (Å²) in [5.41, 5.74) is 8.99. The molecule has 1 aliphatic rings. The number of hydrogen-bond donors (Lipinski definition) is 1. The molecule has 110 valence electrons. The number of methoxy groups -OCH3 is 1. The first kappa shape index (κ1) is 13.9. The zero-order chi connectivity index (χ0) is 14.7. The lowest BCUT2D eigenvalue weighted by Gasteiger charge is -2.25. The van der Waals surface area contributed by atoms with E-state index in [2.05, 4.69) is 17.1 Å². The van der Waals surface area contributed by atoms with Crippen molar-refractivity contribution in [2.24, 2.45) is 11.7 Å². The average Bonchev–Trinajstić information content (AvgIpc) is 2.55. The van der Waals surface area contributed by atoms with Gasteiger partial charge in [-0.3, -0.25) is 4.98 Å². The Kier molecular flexibility index (Phi) is 4.06. The maximum absolute atomic E-state index is 5.87. The van der Waals surface area contributed by atoms with Crippen LogP contribution in [0.15, 0.2) is 36.5 Å². The van der Waals surface area contributed by atoms with Crippen molar-refractivity contribution in [3.05, 3.63) is 53.3 Å². The van der Waals surface area contributed by atoms with Gasteiger partial charge in [0.15, 0.2) is 0 Å². The number of benzene rings is 1. The summed E-state index contributed by atoms with van der Waals surface area (Å²) in [6.45, 7) is 1.26. The van der Waals surface area contributed by atoms with Gasteiger partial charge in [0.1, 0.15) is 11.5 Å². The summed E-state index contributed by atoms with van der Waals surface area (Å²) >= 11 is 0. The number of aromatic nitrogens is 1. The molecular weight excluding hydrogens is 264 g/mol. The summed E-state index contributed by atoms with van der Waals surface area (Å²) in [5.74, 6) is 2.24. The van der Waals surface area contributed by atoms with Crippen LogP contribution in [0.5, 0.6) is 11.5 Å². The first-order valence-electron chi connectivity index (χ1n) is 7.22. The number of hydrogen-bond acceptors (Lipinski definition) is 4. The third kappa shape index (κ3) is 3.16. The van der Waals surface area contributed by atoms with E-state index >= 15 is 0 Å². The van der Waals surface area contributed by atoms with Crippen LogP contribution in [0.2, 0.25) is 0 Å². The van der Waals surface area contributed by atoms with Crippen LogP contribution < -0.4 is 15.2 Å². The highest BCUT2D eigenvalue weighted by molar-refractivity contribution is 5.42. The van der Waals surface area contributed by atoms with Gasteiger partial charge >= 0.3 is 0 Å². The van der Waals surface area contributed by atoms with E-state index in [1.165, 1.54) is 5.56 Å². The second kappa shape index (κ2) is 6.14. The molecule has 1 aliphatic heterocycles. The zero-order valence-corrected chi connectivity index (χ0v) is 12.2. The van der Waals surface area contributed by atoms with Crippen molar-refractivity contribution in [2.45, 2.75) is 19.4 Å². The Hall–Kier alpha value is -2.07. The molecule has 1 aromatic heterocycles. The van der Waals surface area contributed by atoms with Crippen LogP contribution in [-0.2, 0) is 19.4 Å². The van der Waals surface area contributed by atoms with Gasteiger partial charge in [0, 0.05) is 30.4 Å². The largest absolute Gasteiger partial charge is 0.497 e. The van der Waals surface area contributed by atoms with E-state index < -0.39 is 0 Å². The van der Waals surface area contributed by atoms with E-state index in [1.54, 1.807) is 7.11 Å². The molecule has 0 saturated heterocycles. The van der Waals surface area contributed by atoms with E-state index in [1.807, 2.05) is 24.4 Å². The fourth-order valence-corrected chi connectivity index (χ4v) is 2.67. The predicted octanol–water partition coefficient (Wildman–Crippen LogP) is 2.34. The van der Waals surface area contributed by atoms with Gasteiger partial charge < -0.3 is 15.2 Å². The molecule has 1 aromatic carbocycles. The third-order valence-corrected chi connectivity index (χ3v) is 3.88. The molecule has 3 rings (SSSR count). The van der Waals surface area contributed by atoms with Crippen molar-refractivity contribution < 1.29 is 9.47 Å². The van der Waals surface area contributed by atoms with Gasteiger partial charge in [0.2, 0.25) is 0 Å². The summed E-state index contributed by atoms with van der Waals surface area (Å²) in [6, 6.07) is 10.1. The average molecular weight is 284 g/mol. The Bertz CT molecular complexity index is 611. The number of fused-ring (bicyclic) bond motifs is 1. The molecule has 0 spiro atoms. The number of pyridine rings is 1. The van der Waals surface area contributed by atoms with Crippen LogP contribution in [0.3, 0.4) is 0 Å². The van der Waals surface area contributed by atoms with E-state index in [-0.39, 0.29) is 0 Å². The summed E-state index contributed by atoms with van der Waals surface area (Å²) in [4.78, 5) is 4.47. The number of ether oxygens (including phenoxy) is 2. The minimum Gasteiger partial charge on any atom is -0.497 e. The van der Waals surface area contributed by atoms with Gasteiger partial charge in [-0.2, -0.15) is 0 Å². The van der Waals surface area contributed by atoms with Crippen LogP contribution in [0.25, 0.3) is 0 Å². The lowest BCUT2D eigenvalue weighted by atomic mass is 9.92. The normalized spacial score (nSPS) is 17.0. The fraction of sp³-hybridized carbons (Fsp3) is 0.353. The minimum atomic E-state index is 0.460. The van der Waals surface area contributed by atoms with Crippen molar-refractivity contribution in [3.63, 3.8) is 0 Å². The van der Waals surface area contributed by atoms with Gasteiger partial charge in [-0.25, -0.2) is 0 Å². The van der Waals surface area contributed by atoms with Gasteiger partial charge in [-0.05, 0) is 36.1 Å². The van der Waals surface area contributed by atoms with E-state index in [0.717, 1.165) is 42.2 Å². The summed E-state index contributed by atoms with van der Waals surface area (Å²) in [6.07, 6.45) is 3.80. The number of nitrogens with zero attached hydrogens (tertiary/aromatic N) is 1. The molecule has 0 amide bonds.